The highest BCUT2D eigenvalue weighted by Gasteiger charge is 2.22. The van der Waals surface area contributed by atoms with Crippen LogP contribution in [0, 0.1) is 0 Å². The molecule has 3 heterocycles. The number of amides is 1. The Morgan fingerprint density at radius 2 is 1.86 bits per heavy atom. The molecule has 1 amide bonds. The van der Waals surface area contributed by atoms with E-state index in [4.69, 9.17) is 9.47 Å². The second-order valence-corrected chi connectivity index (χ2v) is 7.29. The lowest BCUT2D eigenvalue weighted by molar-refractivity contribution is -0.126. The van der Waals surface area contributed by atoms with Crippen molar-refractivity contribution < 1.29 is 14.3 Å². The molecule has 2 aromatic rings. The number of carbonyl (C=O) groups excluding carboxylic acids is 1. The number of benzene rings is 1. The van der Waals surface area contributed by atoms with Gasteiger partial charge in [0.1, 0.15) is 0 Å². The molecule has 0 bridgehead atoms. The van der Waals surface area contributed by atoms with Crippen LogP contribution in [0.15, 0.2) is 30.3 Å². The van der Waals surface area contributed by atoms with Gasteiger partial charge >= 0.3 is 0 Å². The smallest absolute Gasteiger partial charge is 0.246 e. The minimum absolute atomic E-state index is 0.0253. The van der Waals surface area contributed by atoms with Crippen molar-refractivity contribution in [2.75, 3.05) is 37.9 Å². The lowest BCUT2D eigenvalue weighted by Crippen LogP contribution is -2.48. The zero-order valence-electron chi connectivity index (χ0n) is 15.6. The number of anilines is 1. The first-order chi connectivity index (χ1) is 13.8. The van der Waals surface area contributed by atoms with Crippen molar-refractivity contribution in [3.8, 4) is 11.5 Å². The van der Waals surface area contributed by atoms with Crippen molar-refractivity contribution in [1.29, 1.82) is 0 Å². The van der Waals surface area contributed by atoms with Gasteiger partial charge in [-0.3, -0.25) is 4.79 Å². The molecule has 1 aromatic carbocycles. The van der Waals surface area contributed by atoms with Crippen molar-refractivity contribution in [1.82, 2.24) is 15.1 Å². The van der Waals surface area contributed by atoms with Crippen LogP contribution in [0.25, 0.3) is 6.08 Å². The first-order valence-electron chi connectivity index (χ1n) is 9.73. The van der Waals surface area contributed by atoms with Crippen LogP contribution in [0.5, 0.6) is 11.5 Å². The summed E-state index contributed by atoms with van der Waals surface area (Å²) in [6.07, 6.45) is 6.76. The fourth-order valence-electron chi connectivity index (χ4n) is 3.92. The minimum Gasteiger partial charge on any atom is -0.454 e. The summed E-state index contributed by atoms with van der Waals surface area (Å²) in [5.74, 6) is 2.42. The fourth-order valence-corrected chi connectivity index (χ4v) is 3.92. The van der Waals surface area contributed by atoms with Crippen LogP contribution in [0.4, 0.5) is 5.82 Å². The maximum atomic E-state index is 12.5. The van der Waals surface area contributed by atoms with Gasteiger partial charge in [0.2, 0.25) is 12.7 Å². The quantitative estimate of drug-likeness (QED) is 0.762. The number of piperazine rings is 1. The van der Waals surface area contributed by atoms with Gasteiger partial charge in [-0.1, -0.05) is 6.07 Å². The number of ether oxygens (including phenoxy) is 2. The first-order valence-corrected chi connectivity index (χ1v) is 9.73. The Labute approximate surface area is 163 Å². The molecule has 7 nitrogen and oxygen atoms in total. The lowest BCUT2D eigenvalue weighted by Gasteiger charge is -2.34. The molecule has 3 aliphatic rings. The van der Waals surface area contributed by atoms with Crippen LogP contribution in [0.2, 0.25) is 0 Å². The molecule has 0 spiro atoms. The zero-order chi connectivity index (χ0) is 18.9. The third-order valence-electron chi connectivity index (χ3n) is 5.54. The molecular formula is C21H22N4O3. The van der Waals surface area contributed by atoms with Gasteiger partial charge in [0.25, 0.3) is 0 Å². The normalized spacial score (nSPS) is 18.0. The van der Waals surface area contributed by atoms with E-state index in [1.165, 1.54) is 12.0 Å². The SMILES string of the molecule is O=C(/C=C/c1ccc2c(c1)OCO2)N1CCN(c2cc3c(nn2)CCC3)CC1. The number of hydrogen-bond acceptors (Lipinski definition) is 6. The van der Waals surface area contributed by atoms with Gasteiger partial charge in [-0.05, 0) is 54.7 Å². The number of nitrogens with zero attached hydrogens (tertiary/aromatic N) is 4. The molecule has 5 rings (SSSR count). The van der Waals surface area contributed by atoms with E-state index < -0.39 is 0 Å². The number of rotatable bonds is 3. The maximum Gasteiger partial charge on any atom is 0.246 e. The van der Waals surface area contributed by atoms with Crippen LogP contribution < -0.4 is 14.4 Å². The Kier molecular flexibility index (Phi) is 4.35. The van der Waals surface area contributed by atoms with E-state index in [1.807, 2.05) is 29.2 Å². The van der Waals surface area contributed by atoms with Crippen LogP contribution >= 0.6 is 0 Å². The highest BCUT2D eigenvalue weighted by atomic mass is 16.7. The Morgan fingerprint density at radius 1 is 1.00 bits per heavy atom. The van der Waals surface area contributed by atoms with Crippen molar-refractivity contribution in [3.63, 3.8) is 0 Å². The average Bonchev–Trinajstić information content (AvgIpc) is 3.40. The molecule has 7 heteroatoms. The third kappa shape index (κ3) is 3.28. The predicted molar refractivity (Wildman–Crippen MR) is 104 cm³/mol. The minimum atomic E-state index is 0.0253. The van der Waals surface area contributed by atoms with Crippen molar-refractivity contribution in [2.24, 2.45) is 0 Å². The summed E-state index contributed by atoms with van der Waals surface area (Å²) in [5.41, 5.74) is 3.39. The second kappa shape index (κ2) is 7.14. The number of aryl methyl sites for hydroxylation is 2. The van der Waals surface area contributed by atoms with E-state index in [0.29, 0.717) is 13.1 Å². The summed E-state index contributed by atoms with van der Waals surface area (Å²) >= 11 is 0. The van der Waals surface area contributed by atoms with Crippen molar-refractivity contribution in [3.05, 3.63) is 47.2 Å². The van der Waals surface area contributed by atoms with E-state index >= 15 is 0 Å². The molecule has 1 aromatic heterocycles. The van der Waals surface area contributed by atoms with Crippen LogP contribution in [0.3, 0.4) is 0 Å². The van der Waals surface area contributed by atoms with E-state index in [-0.39, 0.29) is 12.7 Å². The largest absolute Gasteiger partial charge is 0.454 e. The molecule has 0 atom stereocenters. The number of aromatic nitrogens is 2. The Bertz CT molecular complexity index is 935. The summed E-state index contributed by atoms with van der Waals surface area (Å²) in [7, 11) is 0. The van der Waals surface area contributed by atoms with Gasteiger partial charge in [-0.25, -0.2) is 0 Å². The first kappa shape index (κ1) is 17.0. The number of fused-ring (bicyclic) bond motifs is 2. The molecule has 1 aliphatic carbocycles. The molecule has 1 saturated heterocycles. The summed E-state index contributed by atoms with van der Waals surface area (Å²) in [6, 6.07) is 7.84. The standard InChI is InChI=1S/C21H22N4O3/c26-21(7-5-15-4-6-18-19(12-15)28-14-27-18)25-10-8-24(9-11-25)20-13-16-2-1-3-17(16)22-23-20/h4-7,12-13H,1-3,8-11,14H2/b7-5+. The number of hydrogen-bond donors (Lipinski definition) is 0. The fraction of sp³-hybridized carbons (Fsp3) is 0.381. The van der Waals surface area contributed by atoms with E-state index in [9.17, 15) is 4.79 Å². The highest BCUT2D eigenvalue weighted by molar-refractivity contribution is 5.92. The van der Waals surface area contributed by atoms with Crippen molar-refractivity contribution >= 4 is 17.8 Å². The van der Waals surface area contributed by atoms with Crippen LogP contribution in [-0.2, 0) is 17.6 Å². The number of carbonyl (C=O) groups is 1. The van der Waals surface area contributed by atoms with Crippen molar-refractivity contribution in [2.45, 2.75) is 19.3 Å². The van der Waals surface area contributed by atoms with Gasteiger partial charge < -0.3 is 19.3 Å². The molecular weight excluding hydrogens is 356 g/mol. The maximum absolute atomic E-state index is 12.5. The van der Waals surface area contributed by atoms with E-state index in [0.717, 1.165) is 54.5 Å². The molecule has 1 fully saturated rings. The van der Waals surface area contributed by atoms with Gasteiger partial charge in [0.05, 0.1) is 5.69 Å². The average molecular weight is 378 g/mol. The Balaban J connectivity index is 1.19. The summed E-state index contributed by atoms with van der Waals surface area (Å²) in [4.78, 5) is 16.6. The molecule has 0 radical (unpaired) electrons. The highest BCUT2D eigenvalue weighted by Crippen LogP contribution is 2.32. The molecule has 144 valence electrons. The van der Waals surface area contributed by atoms with Crippen LogP contribution in [-0.4, -0.2) is 54.0 Å². The molecule has 28 heavy (non-hydrogen) atoms. The second-order valence-electron chi connectivity index (χ2n) is 7.29. The Morgan fingerprint density at radius 3 is 2.75 bits per heavy atom. The molecule has 0 N–H and O–H groups in total. The summed E-state index contributed by atoms with van der Waals surface area (Å²) in [6.45, 7) is 3.17. The monoisotopic (exact) mass is 378 g/mol. The third-order valence-corrected chi connectivity index (χ3v) is 5.54. The van der Waals surface area contributed by atoms with Gasteiger partial charge in [0, 0.05) is 32.3 Å². The van der Waals surface area contributed by atoms with E-state index in [1.54, 1.807) is 6.08 Å². The summed E-state index contributed by atoms with van der Waals surface area (Å²) in [5, 5.41) is 8.76. The Hall–Kier alpha value is -3.09. The molecule has 0 saturated carbocycles. The molecule has 2 aliphatic heterocycles. The van der Waals surface area contributed by atoms with Gasteiger partial charge in [-0.2, -0.15) is 5.10 Å². The zero-order valence-corrected chi connectivity index (χ0v) is 15.6. The topological polar surface area (TPSA) is 67.8 Å². The van der Waals surface area contributed by atoms with Gasteiger partial charge in [-0.15, -0.1) is 5.10 Å². The molecule has 0 unspecified atom stereocenters. The predicted octanol–water partition coefficient (Wildman–Crippen LogP) is 2.06. The summed E-state index contributed by atoms with van der Waals surface area (Å²) < 4.78 is 10.7. The van der Waals surface area contributed by atoms with E-state index in [2.05, 4.69) is 21.2 Å². The van der Waals surface area contributed by atoms with Crippen LogP contribution in [0.1, 0.15) is 23.2 Å². The lowest BCUT2D eigenvalue weighted by atomic mass is 10.2. The van der Waals surface area contributed by atoms with Gasteiger partial charge in [0.15, 0.2) is 17.3 Å².